The number of aryl methyl sites for hydroxylation is 2. The van der Waals surface area contributed by atoms with Crippen LogP contribution in [0.5, 0.6) is 0 Å². The zero-order valence-corrected chi connectivity index (χ0v) is 9.08. The first-order chi connectivity index (χ1) is 7.66. The largest absolute Gasteiger partial charge is 0.290 e. The van der Waals surface area contributed by atoms with Gasteiger partial charge in [0.2, 0.25) is 5.78 Å². The number of nitrogens with zero attached hydrogens (tertiary/aromatic N) is 5. The molecule has 0 fully saturated rings. The maximum Gasteiger partial charge on any atom is 0.207 e. The number of rotatable bonds is 3. The first-order valence-corrected chi connectivity index (χ1v) is 4.81. The molecule has 0 unspecified atom stereocenters. The van der Waals surface area contributed by atoms with Crippen molar-refractivity contribution < 1.29 is 4.79 Å². The van der Waals surface area contributed by atoms with Gasteiger partial charge in [-0.3, -0.25) is 9.48 Å². The molecule has 0 saturated heterocycles. The molecule has 0 aliphatic heterocycles. The Hall–Kier alpha value is -2.11. The molecule has 0 aliphatic rings. The van der Waals surface area contributed by atoms with Crippen molar-refractivity contribution in [2.75, 3.05) is 0 Å². The predicted octanol–water partition coefficient (Wildman–Crippen LogP) is 0.339. The molecular weight excluding hydrogens is 206 g/mol. The van der Waals surface area contributed by atoms with Gasteiger partial charge in [0.25, 0.3) is 0 Å². The standard InChI is InChI=1S/C10H11N5O/c1-7-4-11-10(12-5-7)8(16)3-9-13-6-14-15(9)2/h4-6H,3H2,1-2H3. The molecule has 2 heterocycles. The summed E-state index contributed by atoms with van der Waals surface area (Å²) in [6.07, 6.45) is 4.83. The van der Waals surface area contributed by atoms with Gasteiger partial charge < -0.3 is 0 Å². The Kier molecular flexibility index (Phi) is 2.72. The van der Waals surface area contributed by atoms with Gasteiger partial charge in [-0.15, -0.1) is 0 Å². The van der Waals surface area contributed by atoms with E-state index in [4.69, 9.17) is 0 Å². The Bertz CT molecular complexity index is 502. The van der Waals surface area contributed by atoms with Gasteiger partial charge in [0.1, 0.15) is 12.2 Å². The Morgan fingerprint density at radius 1 is 1.31 bits per heavy atom. The van der Waals surface area contributed by atoms with Crippen LogP contribution in [-0.4, -0.2) is 30.5 Å². The summed E-state index contributed by atoms with van der Waals surface area (Å²) in [6.45, 7) is 1.87. The van der Waals surface area contributed by atoms with Gasteiger partial charge in [-0.1, -0.05) is 0 Å². The fourth-order valence-electron chi connectivity index (χ4n) is 1.24. The first kappa shape index (κ1) is 10.4. The third-order valence-corrected chi connectivity index (χ3v) is 2.15. The van der Waals surface area contributed by atoms with Crippen molar-refractivity contribution >= 4 is 5.78 Å². The SMILES string of the molecule is Cc1cnc(C(=O)Cc2ncnn2C)nc1. The third kappa shape index (κ3) is 2.10. The van der Waals surface area contributed by atoms with Crippen LogP contribution in [0.2, 0.25) is 0 Å². The van der Waals surface area contributed by atoms with Crippen LogP contribution in [0.25, 0.3) is 0 Å². The molecule has 2 rings (SSSR count). The van der Waals surface area contributed by atoms with Crippen LogP contribution in [0.1, 0.15) is 22.0 Å². The van der Waals surface area contributed by atoms with E-state index in [0.29, 0.717) is 5.82 Å². The van der Waals surface area contributed by atoms with E-state index >= 15 is 0 Å². The maximum atomic E-state index is 11.8. The second-order valence-corrected chi connectivity index (χ2v) is 3.48. The molecule has 2 aromatic rings. The molecule has 0 aromatic carbocycles. The van der Waals surface area contributed by atoms with Gasteiger partial charge in [0.05, 0.1) is 6.42 Å². The summed E-state index contributed by atoms with van der Waals surface area (Å²) in [5, 5.41) is 3.89. The van der Waals surface area contributed by atoms with Crippen LogP contribution in [0.15, 0.2) is 18.7 Å². The molecule has 0 bridgehead atoms. The van der Waals surface area contributed by atoms with Gasteiger partial charge >= 0.3 is 0 Å². The molecule has 6 heteroatoms. The minimum absolute atomic E-state index is 0.156. The van der Waals surface area contributed by atoms with Crippen LogP contribution in [0.3, 0.4) is 0 Å². The van der Waals surface area contributed by atoms with Crippen molar-refractivity contribution in [3.8, 4) is 0 Å². The smallest absolute Gasteiger partial charge is 0.207 e. The molecule has 0 aliphatic carbocycles. The van der Waals surface area contributed by atoms with E-state index in [2.05, 4.69) is 20.1 Å². The predicted molar refractivity (Wildman–Crippen MR) is 55.8 cm³/mol. The molecule has 6 nitrogen and oxygen atoms in total. The minimum Gasteiger partial charge on any atom is -0.290 e. The third-order valence-electron chi connectivity index (χ3n) is 2.15. The molecule has 0 N–H and O–H groups in total. The monoisotopic (exact) mass is 217 g/mol. The van der Waals surface area contributed by atoms with Crippen LogP contribution in [-0.2, 0) is 13.5 Å². The lowest BCUT2D eigenvalue weighted by atomic mass is 10.2. The quantitative estimate of drug-likeness (QED) is 0.693. The number of aromatic nitrogens is 5. The van der Waals surface area contributed by atoms with Crippen LogP contribution >= 0.6 is 0 Å². The number of carbonyl (C=O) groups excluding carboxylic acids is 1. The zero-order valence-electron chi connectivity index (χ0n) is 9.08. The summed E-state index contributed by atoms with van der Waals surface area (Å²) >= 11 is 0. The lowest BCUT2D eigenvalue weighted by molar-refractivity contribution is 0.0979. The second-order valence-electron chi connectivity index (χ2n) is 3.48. The van der Waals surface area contributed by atoms with Gasteiger partial charge in [-0.05, 0) is 12.5 Å². The molecule has 0 radical (unpaired) electrons. The van der Waals surface area contributed by atoms with Crippen LogP contribution < -0.4 is 0 Å². The Balaban J connectivity index is 2.15. The topological polar surface area (TPSA) is 73.6 Å². The number of Topliss-reactive ketones (excluding diaryl/α,β-unsaturated/α-hetero) is 1. The average Bonchev–Trinajstić information content (AvgIpc) is 2.65. The maximum absolute atomic E-state index is 11.8. The Labute approximate surface area is 92.4 Å². The highest BCUT2D eigenvalue weighted by Crippen LogP contribution is 2.00. The van der Waals surface area contributed by atoms with E-state index in [-0.39, 0.29) is 18.0 Å². The van der Waals surface area contributed by atoms with Crippen molar-refractivity contribution in [3.05, 3.63) is 35.9 Å². The van der Waals surface area contributed by atoms with Crippen molar-refractivity contribution in [1.82, 2.24) is 24.7 Å². The molecule has 16 heavy (non-hydrogen) atoms. The summed E-state index contributed by atoms with van der Waals surface area (Å²) in [7, 11) is 1.74. The second kappa shape index (κ2) is 4.18. The molecule has 0 saturated carbocycles. The van der Waals surface area contributed by atoms with E-state index in [1.54, 1.807) is 24.1 Å². The summed E-state index contributed by atoms with van der Waals surface area (Å²) in [5.41, 5.74) is 0.926. The minimum atomic E-state index is -0.156. The molecular formula is C10H11N5O. The molecule has 0 spiro atoms. The summed E-state index contributed by atoms with van der Waals surface area (Å²) < 4.78 is 1.56. The summed E-state index contributed by atoms with van der Waals surface area (Å²) in [6, 6.07) is 0. The molecule has 2 aromatic heterocycles. The van der Waals surface area contributed by atoms with Gasteiger partial charge in [0.15, 0.2) is 5.82 Å². The van der Waals surface area contributed by atoms with E-state index in [1.807, 2.05) is 6.92 Å². The number of hydrogen-bond acceptors (Lipinski definition) is 5. The van der Waals surface area contributed by atoms with E-state index in [1.165, 1.54) is 6.33 Å². The van der Waals surface area contributed by atoms with Crippen molar-refractivity contribution in [1.29, 1.82) is 0 Å². The van der Waals surface area contributed by atoms with E-state index < -0.39 is 0 Å². The number of carbonyl (C=O) groups is 1. The highest BCUT2D eigenvalue weighted by molar-refractivity contribution is 5.93. The lowest BCUT2D eigenvalue weighted by Crippen LogP contribution is -2.12. The van der Waals surface area contributed by atoms with E-state index in [9.17, 15) is 4.79 Å². The van der Waals surface area contributed by atoms with Crippen LogP contribution in [0.4, 0.5) is 0 Å². The van der Waals surface area contributed by atoms with Crippen molar-refractivity contribution in [2.24, 2.45) is 7.05 Å². The highest BCUT2D eigenvalue weighted by Gasteiger charge is 2.12. The number of ketones is 1. The van der Waals surface area contributed by atoms with E-state index in [0.717, 1.165) is 5.56 Å². The molecule has 0 amide bonds. The van der Waals surface area contributed by atoms with Crippen molar-refractivity contribution in [3.63, 3.8) is 0 Å². The fraction of sp³-hybridized carbons (Fsp3) is 0.300. The normalized spacial score (nSPS) is 10.4. The van der Waals surface area contributed by atoms with Gasteiger partial charge in [-0.2, -0.15) is 5.10 Å². The van der Waals surface area contributed by atoms with Gasteiger partial charge in [-0.25, -0.2) is 15.0 Å². The Morgan fingerprint density at radius 3 is 2.56 bits per heavy atom. The summed E-state index contributed by atoms with van der Waals surface area (Å²) in [5.74, 6) is 0.666. The van der Waals surface area contributed by atoms with Gasteiger partial charge in [0, 0.05) is 19.4 Å². The molecule has 82 valence electrons. The Morgan fingerprint density at radius 2 is 2.00 bits per heavy atom. The number of hydrogen-bond donors (Lipinski definition) is 0. The van der Waals surface area contributed by atoms with Crippen LogP contribution in [0, 0.1) is 6.92 Å². The average molecular weight is 217 g/mol. The highest BCUT2D eigenvalue weighted by atomic mass is 16.1. The molecule has 0 atom stereocenters. The fourth-order valence-corrected chi connectivity index (χ4v) is 1.24. The zero-order chi connectivity index (χ0) is 11.5. The lowest BCUT2D eigenvalue weighted by Gasteiger charge is -1.99. The van der Waals surface area contributed by atoms with Crippen molar-refractivity contribution in [2.45, 2.75) is 13.3 Å². The summed E-state index contributed by atoms with van der Waals surface area (Å²) in [4.78, 5) is 23.7. The first-order valence-electron chi connectivity index (χ1n) is 4.81.